The Morgan fingerprint density at radius 3 is 2.53 bits per heavy atom. The van der Waals surface area contributed by atoms with Crippen LogP contribution in [-0.4, -0.2) is 44.7 Å². The number of benzene rings is 1. The highest BCUT2D eigenvalue weighted by molar-refractivity contribution is 9.10. The lowest BCUT2D eigenvalue weighted by molar-refractivity contribution is 0.271. The Kier molecular flexibility index (Phi) is 5.25. The minimum atomic E-state index is 0.382. The van der Waals surface area contributed by atoms with Crippen molar-refractivity contribution in [1.29, 1.82) is 0 Å². The summed E-state index contributed by atoms with van der Waals surface area (Å²) in [5.74, 6) is 0. The Hall–Kier alpha value is -0.580. The zero-order chi connectivity index (χ0) is 13.8. The number of likely N-dealkylation sites (N-methyl/N-ethyl adjacent to an activating group) is 1. The molecule has 0 aromatic heterocycles. The van der Waals surface area contributed by atoms with Crippen molar-refractivity contribution >= 4 is 21.6 Å². The molecule has 0 amide bonds. The maximum Gasteiger partial charge on any atom is 0.0426 e. The lowest BCUT2D eigenvalue weighted by Gasteiger charge is -2.37. The Bertz CT molecular complexity index is 414. The van der Waals surface area contributed by atoms with Crippen molar-refractivity contribution in [3.8, 4) is 0 Å². The minimum absolute atomic E-state index is 0.382. The van der Waals surface area contributed by atoms with Gasteiger partial charge >= 0.3 is 0 Å². The quantitative estimate of drug-likeness (QED) is 0.918. The Balaban J connectivity index is 2.21. The molecule has 1 fully saturated rings. The van der Waals surface area contributed by atoms with E-state index in [0.717, 1.165) is 37.2 Å². The topological polar surface area (TPSA) is 18.5 Å². The van der Waals surface area contributed by atoms with Crippen LogP contribution in [0.3, 0.4) is 0 Å². The van der Waals surface area contributed by atoms with Gasteiger partial charge in [0.05, 0.1) is 0 Å². The van der Waals surface area contributed by atoms with E-state index < -0.39 is 0 Å². The van der Waals surface area contributed by atoms with Gasteiger partial charge in [-0.05, 0) is 38.2 Å². The molecule has 1 unspecified atom stereocenters. The van der Waals surface area contributed by atoms with Gasteiger partial charge in [0.25, 0.3) is 0 Å². The fourth-order valence-corrected chi connectivity index (χ4v) is 2.97. The van der Waals surface area contributed by atoms with Crippen LogP contribution >= 0.6 is 15.9 Å². The zero-order valence-electron chi connectivity index (χ0n) is 12.1. The van der Waals surface area contributed by atoms with Crippen LogP contribution in [0.2, 0.25) is 0 Å². The summed E-state index contributed by atoms with van der Waals surface area (Å²) in [5, 5.41) is 3.35. The Morgan fingerprint density at radius 2 is 1.95 bits per heavy atom. The second-order valence-corrected chi connectivity index (χ2v) is 6.05. The van der Waals surface area contributed by atoms with Crippen molar-refractivity contribution in [1.82, 2.24) is 10.2 Å². The van der Waals surface area contributed by atoms with E-state index in [1.54, 1.807) is 0 Å². The second kappa shape index (κ2) is 6.73. The van der Waals surface area contributed by atoms with Crippen LogP contribution in [0.4, 0.5) is 5.69 Å². The average Bonchev–Trinajstić information content (AvgIpc) is 2.46. The van der Waals surface area contributed by atoms with E-state index in [4.69, 9.17) is 0 Å². The number of rotatable bonds is 4. The number of hydrogen-bond donors (Lipinski definition) is 1. The summed E-state index contributed by atoms with van der Waals surface area (Å²) in [6.07, 6.45) is 0. The molecule has 4 heteroatoms. The van der Waals surface area contributed by atoms with Gasteiger partial charge in [0, 0.05) is 42.4 Å². The average molecular weight is 326 g/mol. The smallest absolute Gasteiger partial charge is 0.0426 e. The van der Waals surface area contributed by atoms with Crippen LogP contribution in [0.15, 0.2) is 22.7 Å². The van der Waals surface area contributed by atoms with Crippen LogP contribution in [-0.2, 0) is 0 Å². The summed E-state index contributed by atoms with van der Waals surface area (Å²) in [6, 6.07) is 7.00. The number of hydrogen-bond acceptors (Lipinski definition) is 3. The van der Waals surface area contributed by atoms with Gasteiger partial charge in [0.2, 0.25) is 0 Å². The lowest BCUT2D eigenvalue weighted by atomic mass is 10.0. The first-order chi connectivity index (χ1) is 9.15. The van der Waals surface area contributed by atoms with Gasteiger partial charge in [-0.25, -0.2) is 0 Å². The molecule has 0 saturated carbocycles. The number of anilines is 1. The van der Waals surface area contributed by atoms with E-state index in [1.165, 1.54) is 11.3 Å². The monoisotopic (exact) mass is 325 g/mol. The highest BCUT2D eigenvalue weighted by Crippen LogP contribution is 2.30. The minimum Gasteiger partial charge on any atom is -0.369 e. The number of piperazine rings is 1. The third-order valence-electron chi connectivity index (χ3n) is 4.05. The van der Waals surface area contributed by atoms with Crippen molar-refractivity contribution < 1.29 is 0 Å². The molecule has 1 atom stereocenters. The maximum absolute atomic E-state index is 3.60. The van der Waals surface area contributed by atoms with Crippen LogP contribution in [0.5, 0.6) is 0 Å². The first-order valence-electron chi connectivity index (χ1n) is 7.09. The molecule has 0 bridgehead atoms. The van der Waals surface area contributed by atoms with Gasteiger partial charge in [0.1, 0.15) is 0 Å². The molecule has 1 aromatic carbocycles. The van der Waals surface area contributed by atoms with Gasteiger partial charge in [-0.2, -0.15) is 0 Å². The normalized spacial score (nSPS) is 18.6. The number of halogens is 1. The van der Waals surface area contributed by atoms with Gasteiger partial charge in [-0.15, -0.1) is 0 Å². The lowest BCUT2D eigenvalue weighted by Crippen LogP contribution is -2.46. The maximum atomic E-state index is 3.60. The third kappa shape index (κ3) is 3.50. The first-order valence-corrected chi connectivity index (χ1v) is 7.89. The van der Waals surface area contributed by atoms with Crippen LogP contribution < -0.4 is 10.2 Å². The largest absolute Gasteiger partial charge is 0.369 e. The predicted octanol–water partition coefficient (Wildman–Crippen LogP) is 2.87. The van der Waals surface area contributed by atoms with E-state index in [9.17, 15) is 0 Å². The number of nitrogens with zero attached hydrogens (tertiary/aromatic N) is 2. The Labute approximate surface area is 125 Å². The molecule has 1 aliphatic heterocycles. The fourth-order valence-electron chi connectivity index (χ4n) is 2.62. The highest BCUT2D eigenvalue weighted by Gasteiger charge is 2.20. The Morgan fingerprint density at radius 1 is 1.26 bits per heavy atom. The van der Waals surface area contributed by atoms with Gasteiger partial charge in [0.15, 0.2) is 0 Å². The standard InChI is InChI=1S/C15H24BrN3/c1-4-18-7-9-19(10-8-18)15-11-13(16)5-6-14(15)12(2)17-3/h5-6,11-12,17H,4,7-10H2,1-3H3. The molecular weight excluding hydrogens is 302 g/mol. The van der Waals surface area contributed by atoms with Crippen molar-refractivity contribution in [2.75, 3.05) is 44.7 Å². The SMILES string of the molecule is CCN1CCN(c2cc(Br)ccc2C(C)NC)CC1. The summed E-state index contributed by atoms with van der Waals surface area (Å²) in [7, 11) is 2.02. The van der Waals surface area contributed by atoms with E-state index in [1.807, 2.05) is 7.05 Å². The van der Waals surface area contributed by atoms with E-state index in [0.29, 0.717) is 6.04 Å². The molecule has 3 nitrogen and oxygen atoms in total. The molecule has 2 rings (SSSR count). The second-order valence-electron chi connectivity index (χ2n) is 5.13. The van der Waals surface area contributed by atoms with E-state index in [2.05, 4.69) is 63.1 Å². The van der Waals surface area contributed by atoms with Crippen LogP contribution in [0.1, 0.15) is 25.5 Å². The summed E-state index contributed by atoms with van der Waals surface area (Å²) >= 11 is 3.60. The van der Waals surface area contributed by atoms with Gasteiger partial charge < -0.3 is 15.1 Å². The fraction of sp³-hybridized carbons (Fsp3) is 0.600. The third-order valence-corrected chi connectivity index (χ3v) is 4.55. The highest BCUT2D eigenvalue weighted by atomic mass is 79.9. The molecule has 1 saturated heterocycles. The molecular formula is C15H24BrN3. The predicted molar refractivity (Wildman–Crippen MR) is 85.9 cm³/mol. The van der Waals surface area contributed by atoms with Crippen molar-refractivity contribution in [3.05, 3.63) is 28.2 Å². The van der Waals surface area contributed by atoms with Gasteiger partial charge in [-0.1, -0.05) is 28.9 Å². The van der Waals surface area contributed by atoms with Crippen molar-refractivity contribution in [3.63, 3.8) is 0 Å². The summed E-state index contributed by atoms with van der Waals surface area (Å²) in [5.41, 5.74) is 2.75. The van der Waals surface area contributed by atoms with Crippen LogP contribution in [0.25, 0.3) is 0 Å². The van der Waals surface area contributed by atoms with Gasteiger partial charge in [-0.3, -0.25) is 0 Å². The molecule has 0 radical (unpaired) electrons. The first kappa shape index (κ1) is 14.8. The molecule has 0 aliphatic carbocycles. The molecule has 106 valence electrons. The van der Waals surface area contributed by atoms with E-state index >= 15 is 0 Å². The molecule has 1 heterocycles. The summed E-state index contributed by atoms with van der Waals surface area (Å²) in [6.45, 7) is 10.2. The summed E-state index contributed by atoms with van der Waals surface area (Å²) < 4.78 is 1.16. The molecule has 1 N–H and O–H groups in total. The molecule has 19 heavy (non-hydrogen) atoms. The van der Waals surface area contributed by atoms with Crippen molar-refractivity contribution in [2.24, 2.45) is 0 Å². The molecule has 1 aromatic rings. The van der Waals surface area contributed by atoms with Crippen LogP contribution in [0, 0.1) is 0 Å². The number of nitrogens with one attached hydrogen (secondary N) is 1. The van der Waals surface area contributed by atoms with Crippen molar-refractivity contribution in [2.45, 2.75) is 19.9 Å². The molecule has 0 spiro atoms. The van der Waals surface area contributed by atoms with E-state index in [-0.39, 0.29) is 0 Å². The summed E-state index contributed by atoms with van der Waals surface area (Å²) in [4.78, 5) is 5.02. The molecule has 1 aliphatic rings. The zero-order valence-corrected chi connectivity index (χ0v) is 13.7.